The molecule has 1 saturated heterocycles. The second-order valence-electron chi connectivity index (χ2n) is 6.24. The number of nitrogens with zero attached hydrogens (tertiary/aromatic N) is 2. The molecule has 0 aliphatic carbocycles. The third-order valence-corrected chi connectivity index (χ3v) is 4.52. The predicted octanol–water partition coefficient (Wildman–Crippen LogP) is 4.27. The molecule has 1 atom stereocenters. The molecule has 0 bridgehead atoms. The minimum Gasteiger partial charge on any atom is -0.370 e. The van der Waals surface area contributed by atoms with E-state index in [0.29, 0.717) is 0 Å². The molecule has 1 aromatic carbocycles. The number of rotatable bonds is 5. The van der Waals surface area contributed by atoms with E-state index in [4.69, 9.17) is 0 Å². The standard InChI is InChI=1S/C20H25N3O/c1-2-13-21-19-17(11-8-14-22-19)18-12-6-7-15-23(18)20(24)16-9-4-3-5-10-16/h3-5,8-11,14,18H,2,6-7,12-13,15H2,1H3,(H,21,22)/t18-/m1/s1. The van der Waals surface area contributed by atoms with Crippen LogP contribution in [0.5, 0.6) is 0 Å². The normalized spacial score (nSPS) is 17.5. The molecule has 1 aliphatic heterocycles. The molecular weight excluding hydrogens is 298 g/mol. The van der Waals surface area contributed by atoms with Gasteiger partial charge >= 0.3 is 0 Å². The first kappa shape index (κ1) is 16.5. The molecule has 126 valence electrons. The number of amides is 1. The van der Waals surface area contributed by atoms with E-state index in [1.807, 2.05) is 47.5 Å². The number of hydrogen-bond donors (Lipinski definition) is 1. The van der Waals surface area contributed by atoms with Crippen LogP contribution >= 0.6 is 0 Å². The highest BCUT2D eigenvalue weighted by atomic mass is 16.2. The van der Waals surface area contributed by atoms with E-state index in [1.165, 1.54) is 0 Å². The molecule has 2 heterocycles. The summed E-state index contributed by atoms with van der Waals surface area (Å²) in [7, 11) is 0. The maximum atomic E-state index is 13.0. The zero-order valence-corrected chi connectivity index (χ0v) is 14.2. The van der Waals surface area contributed by atoms with Gasteiger partial charge in [-0.2, -0.15) is 0 Å². The van der Waals surface area contributed by atoms with Gasteiger partial charge in [0, 0.05) is 30.4 Å². The van der Waals surface area contributed by atoms with Crippen LogP contribution in [0.3, 0.4) is 0 Å². The van der Waals surface area contributed by atoms with E-state index in [-0.39, 0.29) is 11.9 Å². The van der Waals surface area contributed by atoms with Crippen molar-refractivity contribution in [2.75, 3.05) is 18.4 Å². The Morgan fingerprint density at radius 2 is 2.04 bits per heavy atom. The van der Waals surface area contributed by atoms with Crippen molar-refractivity contribution in [2.45, 2.75) is 38.6 Å². The average Bonchev–Trinajstić information content (AvgIpc) is 2.67. The Bertz CT molecular complexity index is 672. The van der Waals surface area contributed by atoms with Gasteiger partial charge in [0.2, 0.25) is 0 Å². The Morgan fingerprint density at radius 3 is 2.83 bits per heavy atom. The molecule has 4 heteroatoms. The van der Waals surface area contributed by atoms with Crippen molar-refractivity contribution in [3.8, 4) is 0 Å². The van der Waals surface area contributed by atoms with Crippen molar-refractivity contribution >= 4 is 11.7 Å². The topological polar surface area (TPSA) is 45.2 Å². The average molecular weight is 323 g/mol. The van der Waals surface area contributed by atoms with Crippen LogP contribution in [0.15, 0.2) is 48.7 Å². The lowest BCUT2D eigenvalue weighted by Gasteiger charge is -2.36. The van der Waals surface area contributed by atoms with Crippen molar-refractivity contribution in [3.05, 3.63) is 59.8 Å². The van der Waals surface area contributed by atoms with Gasteiger partial charge < -0.3 is 10.2 Å². The lowest BCUT2D eigenvalue weighted by molar-refractivity contribution is 0.0612. The quantitative estimate of drug-likeness (QED) is 0.893. The van der Waals surface area contributed by atoms with E-state index < -0.39 is 0 Å². The number of benzene rings is 1. The maximum Gasteiger partial charge on any atom is 0.254 e. The Kier molecular flexibility index (Phi) is 5.47. The molecule has 0 saturated carbocycles. The minimum absolute atomic E-state index is 0.0968. The number of pyridine rings is 1. The fraction of sp³-hybridized carbons (Fsp3) is 0.400. The smallest absolute Gasteiger partial charge is 0.254 e. The fourth-order valence-electron chi connectivity index (χ4n) is 3.32. The molecule has 0 spiro atoms. The molecular formula is C20H25N3O. The number of likely N-dealkylation sites (tertiary alicyclic amines) is 1. The summed E-state index contributed by atoms with van der Waals surface area (Å²) in [5.41, 5.74) is 1.89. The summed E-state index contributed by atoms with van der Waals surface area (Å²) in [4.78, 5) is 19.5. The van der Waals surface area contributed by atoms with Gasteiger partial charge in [-0.15, -0.1) is 0 Å². The first-order valence-electron chi connectivity index (χ1n) is 8.86. The van der Waals surface area contributed by atoms with Crippen LogP contribution in [-0.2, 0) is 0 Å². The van der Waals surface area contributed by atoms with Crippen LogP contribution in [0.25, 0.3) is 0 Å². The SMILES string of the molecule is CCCNc1ncccc1[C@H]1CCCCN1C(=O)c1ccccc1. The van der Waals surface area contributed by atoms with Gasteiger partial charge in [0.25, 0.3) is 5.91 Å². The lowest BCUT2D eigenvalue weighted by atomic mass is 9.94. The maximum absolute atomic E-state index is 13.0. The summed E-state index contributed by atoms with van der Waals surface area (Å²) in [6.07, 6.45) is 6.06. The molecule has 1 N–H and O–H groups in total. The molecule has 4 nitrogen and oxygen atoms in total. The molecule has 24 heavy (non-hydrogen) atoms. The van der Waals surface area contributed by atoms with Crippen LogP contribution < -0.4 is 5.32 Å². The van der Waals surface area contributed by atoms with E-state index >= 15 is 0 Å². The molecule has 0 unspecified atom stereocenters. The number of anilines is 1. The van der Waals surface area contributed by atoms with Crippen molar-refractivity contribution in [3.63, 3.8) is 0 Å². The van der Waals surface area contributed by atoms with Gasteiger partial charge in [-0.3, -0.25) is 4.79 Å². The highest BCUT2D eigenvalue weighted by molar-refractivity contribution is 5.94. The summed E-state index contributed by atoms with van der Waals surface area (Å²) >= 11 is 0. The summed E-state index contributed by atoms with van der Waals surface area (Å²) in [6.45, 7) is 3.84. The summed E-state index contributed by atoms with van der Waals surface area (Å²) in [5, 5.41) is 3.41. The zero-order valence-electron chi connectivity index (χ0n) is 14.2. The number of hydrogen-bond acceptors (Lipinski definition) is 3. The zero-order chi connectivity index (χ0) is 16.8. The van der Waals surface area contributed by atoms with Gasteiger partial charge in [0.05, 0.1) is 6.04 Å². The third-order valence-electron chi connectivity index (χ3n) is 4.52. The first-order valence-corrected chi connectivity index (χ1v) is 8.86. The van der Waals surface area contributed by atoms with Crippen molar-refractivity contribution in [1.29, 1.82) is 0 Å². The van der Waals surface area contributed by atoms with Crippen LogP contribution in [0.4, 0.5) is 5.82 Å². The monoisotopic (exact) mass is 323 g/mol. The Morgan fingerprint density at radius 1 is 1.21 bits per heavy atom. The Labute approximate surface area is 143 Å². The first-order chi connectivity index (χ1) is 11.8. The number of aromatic nitrogens is 1. The minimum atomic E-state index is 0.0968. The van der Waals surface area contributed by atoms with Gasteiger partial charge in [0.1, 0.15) is 5.82 Å². The Balaban J connectivity index is 1.89. The van der Waals surface area contributed by atoms with Crippen LogP contribution in [0.2, 0.25) is 0 Å². The van der Waals surface area contributed by atoms with Crippen molar-refractivity contribution in [2.24, 2.45) is 0 Å². The predicted molar refractivity (Wildman–Crippen MR) is 97.1 cm³/mol. The van der Waals surface area contributed by atoms with Gasteiger partial charge in [0.15, 0.2) is 0 Å². The molecule has 0 radical (unpaired) electrons. The van der Waals surface area contributed by atoms with E-state index in [2.05, 4.69) is 23.3 Å². The number of carbonyl (C=O) groups excluding carboxylic acids is 1. The van der Waals surface area contributed by atoms with Gasteiger partial charge in [-0.05, 0) is 43.9 Å². The molecule has 3 rings (SSSR count). The van der Waals surface area contributed by atoms with Crippen molar-refractivity contribution in [1.82, 2.24) is 9.88 Å². The summed E-state index contributed by atoms with van der Waals surface area (Å²) in [6, 6.07) is 13.7. The summed E-state index contributed by atoms with van der Waals surface area (Å²) < 4.78 is 0. The lowest BCUT2D eigenvalue weighted by Crippen LogP contribution is -2.38. The van der Waals surface area contributed by atoms with E-state index in [1.54, 1.807) is 0 Å². The summed E-state index contributed by atoms with van der Waals surface area (Å²) in [5.74, 6) is 1.03. The van der Waals surface area contributed by atoms with Crippen molar-refractivity contribution < 1.29 is 4.79 Å². The van der Waals surface area contributed by atoms with Crippen LogP contribution in [-0.4, -0.2) is 28.9 Å². The third kappa shape index (κ3) is 3.58. The van der Waals surface area contributed by atoms with Gasteiger partial charge in [-0.1, -0.05) is 31.2 Å². The molecule has 1 aliphatic rings. The van der Waals surface area contributed by atoms with Crippen LogP contribution in [0, 0.1) is 0 Å². The fourth-order valence-corrected chi connectivity index (χ4v) is 3.32. The van der Waals surface area contributed by atoms with E-state index in [0.717, 1.165) is 55.7 Å². The molecule has 2 aromatic rings. The second-order valence-corrected chi connectivity index (χ2v) is 6.24. The number of carbonyl (C=O) groups is 1. The number of nitrogens with one attached hydrogen (secondary N) is 1. The largest absolute Gasteiger partial charge is 0.370 e. The number of piperidine rings is 1. The molecule has 1 amide bonds. The van der Waals surface area contributed by atoms with Crippen LogP contribution in [0.1, 0.15) is 54.6 Å². The Hall–Kier alpha value is -2.36. The van der Waals surface area contributed by atoms with Gasteiger partial charge in [-0.25, -0.2) is 4.98 Å². The molecule has 1 fully saturated rings. The molecule has 1 aromatic heterocycles. The second kappa shape index (κ2) is 7.95. The highest BCUT2D eigenvalue weighted by Gasteiger charge is 2.30. The van der Waals surface area contributed by atoms with E-state index in [9.17, 15) is 4.79 Å². The highest BCUT2D eigenvalue weighted by Crippen LogP contribution is 2.35.